The molecular formula is C17H19N3O3. The van der Waals surface area contributed by atoms with Gasteiger partial charge in [0, 0.05) is 17.7 Å². The molecule has 1 amide bonds. The van der Waals surface area contributed by atoms with Gasteiger partial charge in [0.2, 0.25) is 5.91 Å². The Hall–Kier alpha value is -2.50. The summed E-state index contributed by atoms with van der Waals surface area (Å²) in [7, 11) is 0. The van der Waals surface area contributed by atoms with Crippen molar-refractivity contribution < 1.29 is 14.3 Å². The van der Waals surface area contributed by atoms with Gasteiger partial charge >= 0.3 is 0 Å². The molecule has 2 N–H and O–H groups in total. The monoisotopic (exact) mass is 313 g/mol. The molecule has 2 aromatic rings. The number of nitrogens with zero attached hydrogens (tertiary/aromatic N) is 1. The second-order valence-electron chi connectivity index (χ2n) is 5.97. The van der Waals surface area contributed by atoms with Crippen molar-refractivity contribution in [2.45, 2.75) is 25.7 Å². The van der Waals surface area contributed by atoms with Gasteiger partial charge < -0.3 is 14.8 Å². The highest BCUT2D eigenvalue weighted by Crippen LogP contribution is 2.49. The Morgan fingerprint density at radius 3 is 2.91 bits per heavy atom. The average Bonchev–Trinajstić information content (AvgIpc) is 3.27. The van der Waals surface area contributed by atoms with E-state index in [1.807, 2.05) is 31.2 Å². The van der Waals surface area contributed by atoms with Gasteiger partial charge in [-0.25, -0.2) is 0 Å². The summed E-state index contributed by atoms with van der Waals surface area (Å²) in [6, 6.07) is 7.82. The molecule has 0 spiro atoms. The number of rotatable bonds is 4. The molecule has 6 heteroatoms. The van der Waals surface area contributed by atoms with Crippen molar-refractivity contribution in [3.63, 3.8) is 0 Å². The van der Waals surface area contributed by atoms with Crippen LogP contribution >= 0.6 is 0 Å². The fourth-order valence-electron chi connectivity index (χ4n) is 2.97. The molecule has 2 aliphatic rings. The first-order valence-electron chi connectivity index (χ1n) is 7.99. The Morgan fingerprint density at radius 1 is 1.30 bits per heavy atom. The van der Waals surface area contributed by atoms with Crippen molar-refractivity contribution in [2.24, 2.45) is 5.92 Å². The van der Waals surface area contributed by atoms with Crippen LogP contribution in [0.15, 0.2) is 24.3 Å². The number of fused-ring (bicyclic) bond motifs is 1. The quantitative estimate of drug-likeness (QED) is 0.909. The zero-order chi connectivity index (χ0) is 15.8. The topological polar surface area (TPSA) is 76.2 Å². The number of hydrogen-bond acceptors (Lipinski definition) is 4. The summed E-state index contributed by atoms with van der Waals surface area (Å²) >= 11 is 0. The number of aryl methyl sites for hydroxylation is 1. The Morgan fingerprint density at radius 2 is 2.13 bits per heavy atom. The van der Waals surface area contributed by atoms with Crippen molar-refractivity contribution in [1.29, 1.82) is 0 Å². The van der Waals surface area contributed by atoms with E-state index in [0.29, 0.717) is 19.0 Å². The second kappa shape index (κ2) is 5.61. The number of hydrogen-bond donors (Lipinski definition) is 2. The molecule has 2 heterocycles. The van der Waals surface area contributed by atoms with Gasteiger partial charge in [-0.3, -0.25) is 9.89 Å². The zero-order valence-electron chi connectivity index (χ0n) is 13.0. The zero-order valence-corrected chi connectivity index (χ0v) is 13.0. The SMILES string of the molecule is CCc1cc(NC(=O)[C@@H]2C[C@H]2c2ccc3c(c2)OCCO3)n[nH]1. The van der Waals surface area contributed by atoms with E-state index in [1.54, 1.807) is 0 Å². The number of H-pyrrole nitrogens is 1. The number of carbonyl (C=O) groups excluding carboxylic acids is 1. The summed E-state index contributed by atoms with van der Waals surface area (Å²) < 4.78 is 11.1. The third kappa shape index (κ3) is 2.76. The van der Waals surface area contributed by atoms with Crippen LogP contribution in [-0.4, -0.2) is 29.3 Å². The molecular weight excluding hydrogens is 294 g/mol. The van der Waals surface area contributed by atoms with Gasteiger partial charge in [0.25, 0.3) is 0 Å². The van der Waals surface area contributed by atoms with E-state index < -0.39 is 0 Å². The van der Waals surface area contributed by atoms with E-state index in [2.05, 4.69) is 15.5 Å². The number of aromatic amines is 1. The van der Waals surface area contributed by atoms with Crippen molar-refractivity contribution in [3.05, 3.63) is 35.5 Å². The number of carbonyl (C=O) groups is 1. The molecule has 23 heavy (non-hydrogen) atoms. The molecule has 0 saturated heterocycles. The van der Waals surface area contributed by atoms with E-state index >= 15 is 0 Å². The summed E-state index contributed by atoms with van der Waals surface area (Å²) in [5, 5.41) is 9.88. The maximum atomic E-state index is 12.3. The van der Waals surface area contributed by atoms with Crippen LogP contribution in [0.25, 0.3) is 0 Å². The number of nitrogens with one attached hydrogen (secondary N) is 2. The van der Waals surface area contributed by atoms with Gasteiger partial charge in [0.1, 0.15) is 13.2 Å². The lowest BCUT2D eigenvalue weighted by atomic mass is 10.1. The molecule has 1 fully saturated rings. The van der Waals surface area contributed by atoms with Crippen molar-refractivity contribution >= 4 is 11.7 Å². The van der Waals surface area contributed by atoms with Gasteiger partial charge in [-0.1, -0.05) is 13.0 Å². The first kappa shape index (κ1) is 14.1. The number of aromatic nitrogens is 2. The third-order valence-electron chi connectivity index (χ3n) is 4.38. The molecule has 1 aliphatic carbocycles. The number of ether oxygens (including phenoxy) is 2. The van der Waals surface area contributed by atoms with Crippen LogP contribution in [-0.2, 0) is 11.2 Å². The summed E-state index contributed by atoms with van der Waals surface area (Å²) in [5.74, 6) is 2.43. The van der Waals surface area contributed by atoms with Gasteiger partial charge in [-0.05, 0) is 36.5 Å². The average molecular weight is 313 g/mol. The maximum absolute atomic E-state index is 12.3. The molecule has 4 rings (SSSR count). The van der Waals surface area contributed by atoms with Gasteiger partial charge in [0.05, 0.1) is 0 Å². The van der Waals surface area contributed by atoms with E-state index in [0.717, 1.165) is 35.6 Å². The summed E-state index contributed by atoms with van der Waals surface area (Å²) in [6.45, 7) is 3.20. The van der Waals surface area contributed by atoms with Gasteiger partial charge in [-0.2, -0.15) is 5.10 Å². The maximum Gasteiger partial charge on any atom is 0.229 e. The van der Waals surface area contributed by atoms with Crippen molar-refractivity contribution in [3.8, 4) is 11.5 Å². The van der Waals surface area contributed by atoms with Gasteiger partial charge in [-0.15, -0.1) is 0 Å². The molecule has 0 unspecified atom stereocenters. The van der Waals surface area contributed by atoms with Crippen LogP contribution in [0, 0.1) is 5.92 Å². The lowest BCUT2D eigenvalue weighted by Gasteiger charge is -2.18. The molecule has 1 aromatic heterocycles. The summed E-state index contributed by atoms with van der Waals surface area (Å²) in [4.78, 5) is 12.3. The molecule has 1 aliphatic heterocycles. The Balaban J connectivity index is 1.42. The number of amides is 1. The van der Waals surface area contributed by atoms with Crippen LogP contribution in [0.2, 0.25) is 0 Å². The standard InChI is InChI=1S/C17H19N3O3/c1-2-11-8-16(20-19-11)18-17(21)13-9-12(13)10-3-4-14-15(7-10)23-6-5-22-14/h3-4,7-8,12-13H,2,5-6,9H2,1H3,(H2,18,19,20,21)/t12-,13+/m0/s1. The highest BCUT2D eigenvalue weighted by molar-refractivity contribution is 5.94. The molecule has 0 bridgehead atoms. The first-order chi connectivity index (χ1) is 11.2. The van der Waals surface area contributed by atoms with E-state index in [4.69, 9.17) is 9.47 Å². The minimum Gasteiger partial charge on any atom is -0.486 e. The fourth-order valence-corrected chi connectivity index (χ4v) is 2.97. The lowest BCUT2D eigenvalue weighted by Crippen LogP contribution is -2.16. The van der Waals surface area contributed by atoms with Crippen LogP contribution in [0.3, 0.4) is 0 Å². The van der Waals surface area contributed by atoms with Crippen LogP contribution in [0.4, 0.5) is 5.82 Å². The second-order valence-corrected chi connectivity index (χ2v) is 5.97. The molecule has 1 aromatic carbocycles. The molecule has 120 valence electrons. The highest BCUT2D eigenvalue weighted by atomic mass is 16.6. The van der Waals surface area contributed by atoms with E-state index in [9.17, 15) is 4.79 Å². The number of anilines is 1. The Bertz CT molecular complexity index is 740. The minimum atomic E-state index is -0.000615. The predicted octanol–water partition coefficient (Wildman–Crippen LogP) is 2.49. The lowest BCUT2D eigenvalue weighted by molar-refractivity contribution is -0.117. The van der Waals surface area contributed by atoms with E-state index in [-0.39, 0.29) is 17.7 Å². The third-order valence-corrected chi connectivity index (χ3v) is 4.38. The summed E-state index contributed by atoms with van der Waals surface area (Å²) in [6.07, 6.45) is 1.72. The van der Waals surface area contributed by atoms with Crippen molar-refractivity contribution in [1.82, 2.24) is 10.2 Å². The summed E-state index contributed by atoms with van der Waals surface area (Å²) in [5.41, 5.74) is 2.14. The molecule has 1 saturated carbocycles. The highest BCUT2D eigenvalue weighted by Gasteiger charge is 2.44. The molecule has 2 atom stereocenters. The smallest absolute Gasteiger partial charge is 0.229 e. The number of benzene rings is 1. The van der Waals surface area contributed by atoms with Crippen LogP contribution < -0.4 is 14.8 Å². The Labute approximate surface area is 134 Å². The van der Waals surface area contributed by atoms with E-state index in [1.165, 1.54) is 0 Å². The largest absolute Gasteiger partial charge is 0.486 e. The van der Waals surface area contributed by atoms with Gasteiger partial charge in [0.15, 0.2) is 17.3 Å². The van der Waals surface area contributed by atoms with Crippen LogP contribution in [0.5, 0.6) is 11.5 Å². The fraction of sp³-hybridized carbons (Fsp3) is 0.412. The molecule has 0 radical (unpaired) electrons. The normalized spacial score (nSPS) is 21.8. The predicted molar refractivity (Wildman–Crippen MR) is 84.9 cm³/mol. The first-order valence-corrected chi connectivity index (χ1v) is 7.99. The Kier molecular flexibility index (Phi) is 3.44. The van der Waals surface area contributed by atoms with Crippen molar-refractivity contribution in [2.75, 3.05) is 18.5 Å². The van der Waals surface area contributed by atoms with Crippen LogP contribution in [0.1, 0.15) is 30.5 Å². The minimum absolute atomic E-state index is 0.000615. The molecule has 6 nitrogen and oxygen atoms in total.